The lowest BCUT2D eigenvalue weighted by Crippen LogP contribution is -2.12. The smallest absolute Gasteiger partial charge is 0.256 e. The van der Waals surface area contributed by atoms with Crippen LogP contribution in [-0.4, -0.2) is 5.91 Å². The maximum atomic E-state index is 12.1. The van der Waals surface area contributed by atoms with E-state index in [4.69, 9.17) is 5.73 Å². The Balaban J connectivity index is 2.24. The van der Waals surface area contributed by atoms with Gasteiger partial charge >= 0.3 is 0 Å². The van der Waals surface area contributed by atoms with E-state index in [1.165, 1.54) is 0 Å². The van der Waals surface area contributed by atoms with Gasteiger partial charge in [-0.1, -0.05) is 12.1 Å². The van der Waals surface area contributed by atoms with Crippen molar-refractivity contribution in [3.8, 4) is 0 Å². The summed E-state index contributed by atoms with van der Waals surface area (Å²) in [6.45, 7) is 0. The number of carbonyl (C=O) groups is 1. The summed E-state index contributed by atoms with van der Waals surface area (Å²) in [4.78, 5) is 12.1. The molecule has 0 radical (unpaired) electrons. The number of hydrogen-bond acceptors (Lipinski definition) is 2. The van der Waals surface area contributed by atoms with Crippen LogP contribution in [0.4, 0.5) is 11.4 Å². The molecule has 0 atom stereocenters. The molecular weight excluding hydrogens is 360 g/mol. The molecule has 2 rings (SSSR count). The highest BCUT2D eigenvalue weighted by atomic mass is 79.9. The number of nitrogen functional groups attached to an aromatic ring is 1. The summed E-state index contributed by atoms with van der Waals surface area (Å²) in [5, 5.41) is 2.82. The number of rotatable bonds is 2. The first-order valence-electron chi connectivity index (χ1n) is 5.19. The topological polar surface area (TPSA) is 55.1 Å². The Labute approximate surface area is 122 Å². The average Bonchev–Trinajstić information content (AvgIpc) is 2.33. The van der Waals surface area contributed by atoms with E-state index >= 15 is 0 Å². The van der Waals surface area contributed by atoms with Crippen LogP contribution in [0.15, 0.2) is 51.4 Å². The van der Waals surface area contributed by atoms with E-state index in [1.54, 1.807) is 24.3 Å². The third-order valence-electron chi connectivity index (χ3n) is 2.36. The number of nitrogens with one attached hydrogen (secondary N) is 1. The molecule has 2 aromatic rings. The molecule has 3 nitrogen and oxygen atoms in total. The Morgan fingerprint density at radius 2 is 1.78 bits per heavy atom. The van der Waals surface area contributed by atoms with Crippen molar-refractivity contribution in [3.63, 3.8) is 0 Å². The summed E-state index contributed by atoms with van der Waals surface area (Å²) in [6.07, 6.45) is 0. The second kappa shape index (κ2) is 5.54. The fourth-order valence-corrected chi connectivity index (χ4v) is 2.43. The first kappa shape index (κ1) is 13.1. The largest absolute Gasteiger partial charge is 0.399 e. The Hall–Kier alpha value is -1.33. The molecule has 92 valence electrons. The highest BCUT2D eigenvalue weighted by Gasteiger charge is 2.10. The highest BCUT2D eigenvalue weighted by Crippen LogP contribution is 2.26. The van der Waals surface area contributed by atoms with Crippen LogP contribution in [-0.2, 0) is 0 Å². The Bertz CT molecular complexity index is 599. The molecule has 0 aromatic heterocycles. The minimum absolute atomic E-state index is 0.173. The van der Waals surface area contributed by atoms with Gasteiger partial charge in [-0.25, -0.2) is 0 Å². The van der Waals surface area contributed by atoms with Crippen molar-refractivity contribution in [1.82, 2.24) is 0 Å². The SMILES string of the molecule is Nc1ccc(NC(=O)c2ccccc2Br)c(Br)c1. The lowest BCUT2D eigenvalue weighted by molar-refractivity contribution is 0.102. The highest BCUT2D eigenvalue weighted by molar-refractivity contribution is 9.11. The number of anilines is 2. The number of nitrogens with two attached hydrogens (primary N) is 1. The first-order valence-corrected chi connectivity index (χ1v) is 6.77. The predicted octanol–water partition coefficient (Wildman–Crippen LogP) is 4.05. The van der Waals surface area contributed by atoms with Crippen molar-refractivity contribution in [2.45, 2.75) is 0 Å². The van der Waals surface area contributed by atoms with Crippen LogP contribution in [0.1, 0.15) is 10.4 Å². The van der Waals surface area contributed by atoms with Crippen LogP contribution in [0, 0.1) is 0 Å². The van der Waals surface area contributed by atoms with E-state index in [9.17, 15) is 4.79 Å². The van der Waals surface area contributed by atoms with Crippen LogP contribution in [0.25, 0.3) is 0 Å². The van der Waals surface area contributed by atoms with Gasteiger partial charge in [0.1, 0.15) is 0 Å². The maximum Gasteiger partial charge on any atom is 0.256 e. The second-order valence-electron chi connectivity index (χ2n) is 3.67. The van der Waals surface area contributed by atoms with Gasteiger partial charge in [-0.15, -0.1) is 0 Å². The molecular formula is C13H10Br2N2O. The van der Waals surface area contributed by atoms with E-state index in [0.717, 1.165) is 8.95 Å². The molecule has 0 heterocycles. The molecule has 3 N–H and O–H groups in total. The monoisotopic (exact) mass is 368 g/mol. The van der Waals surface area contributed by atoms with Crippen molar-refractivity contribution >= 4 is 49.1 Å². The Morgan fingerprint density at radius 1 is 1.06 bits per heavy atom. The number of hydrogen-bond donors (Lipinski definition) is 2. The molecule has 0 aliphatic rings. The van der Waals surface area contributed by atoms with E-state index in [2.05, 4.69) is 37.2 Å². The van der Waals surface area contributed by atoms with Crippen LogP contribution >= 0.6 is 31.9 Å². The summed E-state index contributed by atoms with van der Waals surface area (Å²) < 4.78 is 1.51. The molecule has 0 unspecified atom stereocenters. The zero-order valence-corrected chi connectivity index (χ0v) is 12.5. The maximum absolute atomic E-state index is 12.1. The minimum Gasteiger partial charge on any atom is -0.399 e. The van der Waals surface area contributed by atoms with E-state index in [1.807, 2.05) is 18.2 Å². The molecule has 0 fully saturated rings. The van der Waals surface area contributed by atoms with E-state index in [0.29, 0.717) is 16.9 Å². The summed E-state index contributed by atoms with van der Waals surface area (Å²) in [7, 11) is 0. The first-order chi connectivity index (χ1) is 8.58. The number of carbonyl (C=O) groups excluding carboxylic acids is 1. The molecule has 0 saturated carbocycles. The van der Waals surface area contributed by atoms with Gasteiger partial charge in [0.15, 0.2) is 0 Å². The quantitative estimate of drug-likeness (QED) is 0.784. The zero-order valence-electron chi connectivity index (χ0n) is 9.28. The average molecular weight is 370 g/mol. The molecule has 2 aromatic carbocycles. The van der Waals surface area contributed by atoms with Gasteiger partial charge in [-0.3, -0.25) is 4.79 Å². The zero-order chi connectivity index (χ0) is 13.1. The van der Waals surface area contributed by atoms with Gasteiger partial charge < -0.3 is 11.1 Å². The molecule has 0 bridgehead atoms. The van der Waals surface area contributed by atoms with Gasteiger partial charge in [0.25, 0.3) is 5.91 Å². The lowest BCUT2D eigenvalue weighted by atomic mass is 10.2. The van der Waals surface area contributed by atoms with Crippen LogP contribution in [0.3, 0.4) is 0 Å². The summed E-state index contributed by atoms with van der Waals surface area (Å²) >= 11 is 6.71. The van der Waals surface area contributed by atoms with Crippen molar-refractivity contribution in [1.29, 1.82) is 0 Å². The summed E-state index contributed by atoms with van der Waals surface area (Å²) in [5.41, 5.74) is 7.55. The van der Waals surface area contributed by atoms with Crippen LogP contribution in [0.2, 0.25) is 0 Å². The Morgan fingerprint density at radius 3 is 2.44 bits per heavy atom. The Kier molecular flexibility index (Phi) is 4.04. The fourth-order valence-electron chi connectivity index (χ4n) is 1.47. The van der Waals surface area contributed by atoms with Gasteiger partial charge in [0, 0.05) is 14.6 Å². The van der Waals surface area contributed by atoms with Crippen molar-refractivity contribution < 1.29 is 4.79 Å². The van der Waals surface area contributed by atoms with Crippen LogP contribution < -0.4 is 11.1 Å². The molecule has 0 aliphatic heterocycles. The summed E-state index contributed by atoms with van der Waals surface area (Å²) in [6, 6.07) is 12.5. The molecule has 18 heavy (non-hydrogen) atoms. The molecule has 0 spiro atoms. The second-order valence-corrected chi connectivity index (χ2v) is 5.38. The molecule has 0 aliphatic carbocycles. The van der Waals surface area contributed by atoms with E-state index < -0.39 is 0 Å². The van der Waals surface area contributed by atoms with Gasteiger partial charge in [0.05, 0.1) is 11.3 Å². The van der Waals surface area contributed by atoms with E-state index in [-0.39, 0.29) is 5.91 Å². The van der Waals surface area contributed by atoms with Gasteiger partial charge in [0.2, 0.25) is 0 Å². The number of halogens is 2. The predicted molar refractivity (Wildman–Crippen MR) is 80.6 cm³/mol. The van der Waals surface area contributed by atoms with Gasteiger partial charge in [-0.05, 0) is 62.2 Å². The van der Waals surface area contributed by atoms with Crippen molar-refractivity contribution in [3.05, 3.63) is 57.0 Å². The lowest BCUT2D eigenvalue weighted by Gasteiger charge is -2.09. The normalized spacial score (nSPS) is 10.1. The van der Waals surface area contributed by atoms with Crippen molar-refractivity contribution in [2.75, 3.05) is 11.1 Å². The van der Waals surface area contributed by atoms with Gasteiger partial charge in [-0.2, -0.15) is 0 Å². The van der Waals surface area contributed by atoms with Crippen LogP contribution in [0.5, 0.6) is 0 Å². The summed E-state index contributed by atoms with van der Waals surface area (Å²) in [5.74, 6) is -0.173. The number of benzene rings is 2. The minimum atomic E-state index is -0.173. The third-order valence-corrected chi connectivity index (χ3v) is 3.71. The van der Waals surface area contributed by atoms with Crippen molar-refractivity contribution in [2.24, 2.45) is 0 Å². The third kappa shape index (κ3) is 2.91. The fraction of sp³-hybridized carbons (Fsp3) is 0. The molecule has 5 heteroatoms. The standard InChI is InChI=1S/C13H10Br2N2O/c14-10-4-2-1-3-9(10)13(18)17-12-6-5-8(16)7-11(12)15/h1-7H,16H2,(H,17,18). The number of amides is 1. The molecule has 1 amide bonds. The molecule has 0 saturated heterocycles.